The van der Waals surface area contributed by atoms with Gasteiger partial charge in [0.1, 0.15) is 11.7 Å². The number of thiophene rings is 1. The molecule has 0 aliphatic carbocycles. The quantitative estimate of drug-likeness (QED) is 0.207. The zero-order chi connectivity index (χ0) is 25.4. The first-order valence-corrected chi connectivity index (χ1v) is 13.8. The fourth-order valence-corrected chi connectivity index (χ4v) is 7.51. The van der Waals surface area contributed by atoms with Crippen molar-refractivity contribution in [2.45, 2.75) is 6.92 Å². The van der Waals surface area contributed by atoms with Gasteiger partial charge >= 0.3 is 0 Å². The topological polar surface area (TPSA) is 8.81 Å². The molecule has 0 aliphatic rings. The average molecular weight is 506 g/mol. The van der Waals surface area contributed by atoms with Gasteiger partial charge in [0.05, 0.1) is 22.3 Å². The predicted octanol–water partition coefficient (Wildman–Crippen LogP) is 9.10. The number of hydrogen-bond acceptors (Lipinski definition) is 1. The van der Waals surface area contributed by atoms with Crippen LogP contribution in [0.4, 0.5) is 0 Å². The Morgan fingerprint density at radius 1 is 0.658 bits per heavy atom. The number of para-hydroxylation sites is 2. The molecule has 5 aromatic carbocycles. The summed E-state index contributed by atoms with van der Waals surface area (Å²) in [5, 5.41) is 7.77. The van der Waals surface area contributed by atoms with Crippen LogP contribution in [0.25, 0.3) is 69.7 Å². The lowest BCUT2D eigenvalue weighted by Gasteiger charge is -2.10. The van der Waals surface area contributed by atoms with Crippen molar-refractivity contribution in [2.75, 3.05) is 0 Å². The largest absolute Gasteiger partial charge is 0.309 e. The van der Waals surface area contributed by atoms with Gasteiger partial charge in [0.2, 0.25) is 5.69 Å². The third kappa shape index (κ3) is 2.97. The second kappa shape index (κ2) is 8.01. The SMILES string of the molecule is Cc1cc2ccccc2cc1-c1c2sc3cccc(-n4c5ccccc5c5ccccc54)c3c2cc[n+]1C. The molecule has 38 heavy (non-hydrogen) atoms. The molecule has 8 aromatic rings. The van der Waals surface area contributed by atoms with E-state index in [4.69, 9.17) is 0 Å². The van der Waals surface area contributed by atoms with Crippen molar-refractivity contribution in [2.24, 2.45) is 7.05 Å². The summed E-state index contributed by atoms with van der Waals surface area (Å²) in [6.45, 7) is 2.23. The van der Waals surface area contributed by atoms with Crippen molar-refractivity contribution < 1.29 is 4.57 Å². The maximum Gasteiger partial charge on any atom is 0.230 e. The van der Waals surface area contributed by atoms with E-state index in [2.05, 4.69) is 138 Å². The van der Waals surface area contributed by atoms with E-state index < -0.39 is 0 Å². The molecule has 3 heteroatoms. The smallest absolute Gasteiger partial charge is 0.230 e. The van der Waals surface area contributed by atoms with Gasteiger partial charge < -0.3 is 4.57 Å². The molecule has 3 heterocycles. The van der Waals surface area contributed by atoms with Crippen LogP contribution in [0.5, 0.6) is 0 Å². The summed E-state index contributed by atoms with van der Waals surface area (Å²) in [7, 11) is 2.17. The molecular formula is C35H25N2S+. The highest BCUT2D eigenvalue weighted by molar-refractivity contribution is 7.26. The number of hydrogen-bond donors (Lipinski definition) is 0. The van der Waals surface area contributed by atoms with Crippen LogP contribution in [0, 0.1) is 6.92 Å². The maximum atomic E-state index is 2.45. The Morgan fingerprint density at radius 3 is 2.05 bits per heavy atom. The molecule has 0 atom stereocenters. The van der Waals surface area contributed by atoms with Gasteiger partial charge in [-0.1, -0.05) is 72.8 Å². The van der Waals surface area contributed by atoms with Gasteiger partial charge in [-0.15, -0.1) is 11.3 Å². The lowest BCUT2D eigenvalue weighted by Crippen LogP contribution is -2.30. The Morgan fingerprint density at radius 2 is 1.32 bits per heavy atom. The summed E-state index contributed by atoms with van der Waals surface area (Å²) in [4.78, 5) is 0. The van der Waals surface area contributed by atoms with Crippen LogP contribution >= 0.6 is 11.3 Å². The Bertz CT molecular complexity index is 2160. The molecule has 180 valence electrons. The van der Waals surface area contributed by atoms with Crippen molar-refractivity contribution >= 4 is 64.1 Å². The zero-order valence-corrected chi connectivity index (χ0v) is 22.1. The third-order valence-corrected chi connectivity index (χ3v) is 9.11. The van der Waals surface area contributed by atoms with Gasteiger partial charge in [0, 0.05) is 32.3 Å². The first-order chi connectivity index (χ1) is 18.7. The summed E-state index contributed by atoms with van der Waals surface area (Å²) in [5.74, 6) is 0. The van der Waals surface area contributed by atoms with Crippen LogP contribution in [0.2, 0.25) is 0 Å². The van der Waals surface area contributed by atoms with Crippen LogP contribution in [-0.2, 0) is 7.05 Å². The van der Waals surface area contributed by atoms with Crippen LogP contribution in [0.3, 0.4) is 0 Å². The predicted molar refractivity (Wildman–Crippen MR) is 163 cm³/mol. The highest BCUT2D eigenvalue weighted by Crippen LogP contribution is 2.43. The van der Waals surface area contributed by atoms with Crippen LogP contribution in [-0.4, -0.2) is 4.57 Å². The molecule has 0 N–H and O–H groups in total. The van der Waals surface area contributed by atoms with Crippen LogP contribution in [0.1, 0.15) is 5.56 Å². The number of aryl methyl sites for hydroxylation is 2. The molecular weight excluding hydrogens is 480 g/mol. The summed E-state index contributed by atoms with van der Waals surface area (Å²) in [5.41, 5.74) is 7.59. The van der Waals surface area contributed by atoms with Gasteiger partial charge in [-0.05, 0) is 53.6 Å². The first-order valence-electron chi connectivity index (χ1n) is 13.0. The first kappa shape index (κ1) is 21.6. The standard InChI is InChI=1S/C35H25N2S/c1-22-20-23-10-3-4-11-24(23)21-28(22)34-35-27(18-19-36(34)2)33-31(16-9-17-32(33)38-35)37-29-14-7-5-12-25(29)26-13-6-8-15-30(26)37/h3-21H,1-2H3/q+1. The number of rotatable bonds is 2. The second-order valence-corrected chi connectivity index (χ2v) is 11.2. The normalized spacial score (nSPS) is 11.9. The van der Waals surface area contributed by atoms with Crippen molar-refractivity contribution in [3.63, 3.8) is 0 Å². The van der Waals surface area contributed by atoms with Crippen molar-refractivity contribution in [3.8, 4) is 16.9 Å². The Kier molecular flexibility index (Phi) is 4.55. The molecule has 0 amide bonds. The second-order valence-electron chi connectivity index (χ2n) is 10.2. The number of nitrogens with zero attached hydrogens (tertiary/aromatic N) is 2. The van der Waals surface area contributed by atoms with Crippen molar-refractivity contribution in [3.05, 3.63) is 121 Å². The average Bonchev–Trinajstić information content (AvgIpc) is 3.49. The molecule has 0 aliphatic heterocycles. The fourth-order valence-electron chi connectivity index (χ4n) is 6.20. The molecule has 3 aromatic heterocycles. The molecule has 0 radical (unpaired) electrons. The minimum absolute atomic E-state index is 1.24. The molecule has 8 rings (SSSR count). The molecule has 0 saturated carbocycles. The third-order valence-electron chi connectivity index (χ3n) is 7.93. The number of pyridine rings is 1. The highest BCUT2D eigenvalue weighted by atomic mass is 32.1. The highest BCUT2D eigenvalue weighted by Gasteiger charge is 2.23. The fraction of sp³-hybridized carbons (Fsp3) is 0.0571. The summed E-state index contributed by atoms with van der Waals surface area (Å²) < 4.78 is 7.38. The van der Waals surface area contributed by atoms with E-state index in [0.29, 0.717) is 0 Å². The molecule has 0 saturated heterocycles. The summed E-state index contributed by atoms with van der Waals surface area (Å²) >= 11 is 1.90. The van der Waals surface area contributed by atoms with Gasteiger partial charge in [-0.25, -0.2) is 0 Å². The summed E-state index contributed by atoms with van der Waals surface area (Å²) in [6, 6.07) is 39.9. The number of benzene rings is 5. The monoisotopic (exact) mass is 505 g/mol. The molecule has 0 fully saturated rings. The minimum Gasteiger partial charge on any atom is -0.309 e. The van der Waals surface area contributed by atoms with Crippen LogP contribution < -0.4 is 4.57 Å². The van der Waals surface area contributed by atoms with E-state index in [9.17, 15) is 0 Å². The van der Waals surface area contributed by atoms with Gasteiger partial charge in [0.15, 0.2) is 6.20 Å². The van der Waals surface area contributed by atoms with E-state index in [0.717, 1.165) is 0 Å². The zero-order valence-electron chi connectivity index (χ0n) is 21.3. The van der Waals surface area contributed by atoms with E-state index in [-0.39, 0.29) is 0 Å². The van der Waals surface area contributed by atoms with Crippen LogP contribution in [0.15, 0.2) is 115 Å². The van der Waals surface area contributed by atoms with Crippen molar-refractivity contribution in [1.29, 1.82) is 0 Å². The number of aromatic nitrogens is 2. The minimum atomic E-state index is 1.24. The van der Waals surface area contributed by atoms with Gasteiger partial charge in [-0.3, -0.25) is 0 Å². The maximum absolute atomic E-state index is 2.45. The van der Waals surface area contributed by atoms with Gasteiger partial charge in [-0.2, -0.15) is 4.57 Å². The Balaban J connectivity index is 1.49. The summed E-state index contributed by atoms with van der Waals surface area (Å²) in [6.07, 6.45) is 2.22. The molecule has 0 bridgehead atoms. The van der Waals surface area contributed by atoms with E-state index in [1.54, 1.807) is 0 Å². The molecule has 0 spiro atoms. The van der Waals surface area contributed by atoms with E-state index in [1.807, 2.05) is 11.3 Å². The molecule has 0 unspecified atom stereocenters. The van der Waals surface area contributed by atoms with Gasteiger partial charge in [0.25, 0.3) is 0 Å². The Labute approximate surface area is 224 Å². The van der Waals surface area contributed by atoms with Crippen molar-refractivity contribution in [1.82, 2.24) is 4.57 Å². The van der Waals surface area contributed by atoms with E-state index in [1.165, 1.54) is 75.3 Å². The lowest BCUT2D eigenvalue weighted by molar-refractivity contribution is -0.659. The number of fused-ring (bicyclic) bond motifs is 7. The molecule has 2 nitrogen and oxygen atoms in total. The lowest BCUT2D eigenvalue weighted by atomic mass is 9.98. The Hall–Kier alpha value is -4.47. The van der Waals surface area contributed by atoms with E-state index >= 15 is 0 Å².